The second-order valence-electron chi connectivity index (χ2n) is 6.47. The summed E-state index contributed by atoms with van der Waals surface area (Å²) in [6, 6.07) is 0. The summed E-state index contributed by atoms with van der Waals surface area (Å²) < 4.78 is 14.0. The number of aromatic nitrogens is 4. The highest BCUT2D eigenvalue weighted by molar-refractivity contribution is 5.70. The number of H-pyrrole nitrogens is 1. The van der Waals surface area contributed by atoms with E-state index in [0.29, 0.717) is 11.2 Å². The number of ether oxygens (including phenoxy) is 2. The number of nitrogen functional groups attached to an aromatic ring is 1. The molecule has 9 nitrogen and oxygen atoms in total. The number of aliphatic hydroxyl groups excluding tert-OH is 1. The van der Waals surface area contributed by atoms with Gasteiger partial charge in [-0.05, 0) is 25.7 Å². The minimum absolute atomic E-state index is 0.00729. The Bertz CT molecular complexity index is 799. The minimum atomic E-state index is -0.695. The van der Waals surface area contributed by atoms with Crippen LogP contribution in [-0.2, 0) is 9.47 Å². The number of imidazole rings is 1. The number of rotatable bonds is 2. The van der Waals surface area contributed by atoms with E-state index in [1.807, 2.05) is 0 Å². The van der Waals surface area contributed by atoms with Gasteiger partial charge in [0.15, 0.2) is 17.0 Å². The number of hydrogen-bond donors (Lipinski definition) is 3. The zero-order valence-corrected chi connectivity index (χ0v) is 13.3. The number of fused-ring (bicyclic) bond motifs is 1. The Morgan fingerprint density at radius 3 is 2.96 bits per heavy atom. The Kier molecular flexibility index (Phi) is 3.78. The van der Waals surface area contributed by atoms with Gasteiger partial charge in [0, 0.05) is 12.8 Å². The van der Waals surface area contributed by atoms with Crippen LogP contribution in [0.2, 0.25) is 0 Å². The third kappa shape index (κ3) is 2.58. The molecule has 2 aromatic heterocycles. The van der Waals surface area contributed by atoms with Gasteiger partial charge in [0.1, 0.15) is 6.23 Å². The van der Waals surface area contributed by atoms with E-state index < -0.39 is 5.79 Å². The fourth-order valence-electron chi connectivity index (χ4n) is 3.72. The van der Waals surface area contributed by atoms with Gasteiger partial charge < -0.3 is 20.3 Å². The lowest BCUT2D eigenvalue weighted by atomic mass is 9.94. The normalized spacial score (nSPS) is 30.9. The fourth-order valence-corrected chi connectivity index (χ4v) is 3.72. The molecule has 0 bridgehead atoms. The first-order valence-corrected chi connectivity index (χ1v) is 8.29. The molecule has 4 heterocycles. The van der Waals surface area contributed by atoms with Crippen molar-refractivity contribution >= 4 is 17.1 Å². The van der Waals surface area contributed by atoms with E-state index in [1.54, 1.807) is 10.9 Å². The van der Waals surface area contributed by atoms with Gasteiger partial charge in [-0.1, -0.05) is 0 Å². The zero-order chi connectivity index (χ0) is 16.7. The third-order valence-electron chi connectivity index (χ3n) is 4.80. The molecule has 0 radical (unpaired) electrons. The molecule has 2 fully saturated rings. The lowest BCUT2D eigenvalue weighted by Crippen LogP contribution is -2.47. The summed E-state index contributed by atoms with van der Waals surface area (Å²) in [6.45, 7) is -0.00729. The van der Waals surface area contributed by atoms with Crippen molar-refractivity contribution in [3.63, 3.8) is 0 Å². The predicted molar refractivity (Wildman–Crippen MR) is 85.1 cm³/mol. The van der Waals surface area contributed by atoms with E-state index >= 15 is 0 Å². The number of anilines is 1. The van der Waals surface area contributed by atoms with E-state index in [9.17, 15) is 9.90 Å². The van der Waals surface area contributed by atoms with Crippen LogP contribution in [0.25, 0.3) is 11.2 Å². The highest BCUT2D eigenvalue weighted by atomic mass is 16.7. The molecule has 24 heavy (non-hydrogen) atoms. The fraction of sp³-hybridized carbons (Fsp3) is 0.667. The molecule has 2 aliphatic rings. The summed E-state index contributed by atoms with van der Waals surface area (Å²) in [4.78, 5) is 23.0. The minimum Gasteiger partial charge on any atom is -0.394 e. The molecular weight excluding hydrogens is 314 g/mol. The molecule has 2 aromatic rings. The molecular formula is C15H21N5O4. The molecule has 0 aliphatic carbocycles. The molecule has 4 N–H and O–H groups in total. The van der Waals surface area contributed by atoms with Crippen LogP contribution < -0.4 is 11.3 Å². The van der Waals surface area contributed by atoms with Gasteiger partial charge in [0.2, 0.25) is 5.95 Å². The van der Waals surface area contributed by atoms with Gasteiger partial charge in [-0.15, -0.1) is 0 Å². The molecule has 9 heteroatoms. The van der Waals surface area contributed by atoms with E-state index in [4.69, 9.17) is 15.2 Å². The van der Waals surface area contributed by atoms with Gasteiger partial charge in [0.05, 0.1) is 19.0 Å². The molecule has 0 aromatic carbocycles. The molecule has 0 saturated carbocycles. The van der Waals surface area contributed by atoms with Crippen molar-refractivity contribution in [1.82, 2.24) is 19.5 Å². The number of nitrogens with zero attached hydrogens (tertiary/aromatic N) is 3. The molecule has 4 rings (SSSR count). The van der Waals surface area contributed by atoms with Crippen molar-refractivity contribution < 1.29 is 14.6 Å². The Hall–Kier alpha value is -1.97. The van der Waals surface area contributed by atoms with Gasteiger partial charge in [-0.2, -0.15) is 4.98 Å². The van der Waals surface area contributed by atoms with E-state index in [1.165, 1.54) is 0 Å². The highest BCUT2D eigenvalue weighted by Gasteiger charge is 2.43. The number of aromatic amines is 1. The maximum absolute atomic E-state index is 12.2. The van der Waals surface area contributed by atoms with Crippen molar-refractivity contribution in [2.24, 2.45) is 0 Å². The number of nitrogens with one attached hydrogen (secondary N) is 1. The summed E-state index contributed by atoms with van der Waals surface area (Å²) in [5.41, 5.74) is 5.88. The maximum Gasteiger partial charge on any atom is 0.278 e. The van der Waals surface area contributed by atoms with Gasteiger partial charge in [-0.25, -0.2) is 4.98 Å². The SMILES string of the molecule is Nc1nc2ncn([C@@H]3CCC[C@]4(CCC[C@@H](CO)O4)O3)c2c(=O)[nH]1. The molecule has 2 aliphatic heterocycles. The zero-order valence-electron chi connectivity index (χ0n) is 13.3. The molecule has 0 unspecified atom stereocenters. The van der Waals surface area contributed by atoms with E-state index in [-0.39, 0.29) is 30.4 Å². The van der Waals surface area contributed by atoms with Crippen LogP contribution >= 0.6 is 0 Å². The van der Waals surface area contributed by atoms with E-state index in [2.05, 4.69) is 15.0 Å². The van der Waals surface area contributed by atoms with Crippen LogP contribution in [0.5, 0.6) is 0 Å². The standard InChI is InChI=1S/C15H21N5O4/c16-14-18-12-11(13(22)19-14)20(8-17-12)10-4-2-6-15(24-10)5-1-3-9(7-21)23-15/h8-10,21H,1-7H2,(H3,16,18,19,22)/t9-,10-,15-/m0/s1. The molecule has 1 spiro atoms. The molecule has 3 atom stereocenters. The second kappa shape index (κ2) is 5.83. The van der Waals surface area contributed by atoms with Crippen molar-refractivity contribution in [2.45, 2.75) is 56.6 Å². The van der Waals surface area contributed by atoms with E-state index in [0.717, 1.165) is 38.5 Å². The largest absolute Gasteiger partial charge is 0.394 e. The highest BCUT2D eigenvalue weighted by Crippen LogP contribution is 2.42. The molecule has 130 valence electrons. The monoisotopic (exact) mass is 335 g/mol. The van der Waals surface area contributed by atoms with Crippen LogP contribution in [-0.4, -0.2) is 43.1 Å². The lowest BCUT2D eigenvalue weighted by Gasteiger charge is -2.45. The Morgan fingerprint density at radius 1 is 1.38 bits per heavy atom. The summed E-state index contributed by atoms with van der Waals surface area (Å²) >= 11 is 0. The third-order valence-corrected chi connectivity index (χ3v) is 4.80. The van der Waals surface area contributed by atoms with Crippen LogP contribution in [0, 0.1) is 0 Å². The average molecular weight is 335 g/mol. The maximum atomic E-state index is 12.2. The first kappa shape index (κ1) is 15.6. The van der Waals surface area contributed by atoms with Gasteiger partial charge in [-0.3, -0.25) is 14.3 Å². The van der Waals surface area contributed by atoms with Crippen molar-refractivity contribution in [2.75, 3.05) is 12.3 Å². The Morgan fingerprint density at radius 2 is 2.17 bits per heavy atom. The predicted octanol–water partition coefficient (Wildman–Crippen LogP) is 0.659. The lowest BCUT2D eigenvalue weighted by molar-refractivity contribution is -0.330. The van der Waals surface area contributed by atoms with Gasteiger partial charge >= 0.3 is 0 Å². The number of nitrogens with two attached hydrogens (primary N) is 1. The second-order valence-corrected chi connectivity index (χ2v) is 6.47. The first-order chi connectivity index (χ1) is 11.6. The van der Waals surface area contributed by atoms with Crippen LogP contribution in [0.1, 0.15) is 44.8 Å². The van der Waals surface area contributed by atoms with Crippen molar-refractivity contribution in [1.29, 1.82) is 0 Å². The molecule has 0 amide bonds. The average Bonchev–Trinajstić information content (AvgIpc) is 2.99. The van der Waals surface area contributed by atoms with Crippen molar-refractivity contribution in [3.8, 4) is 0 Å². The Balaban J connectivity index is 1.66. The molecule has 2 saturated heterocycles. The number of aliphatic hydroxyl groups is 1. The quantitative estimate of drug-likeness (QED) is 0.735. The Labute approximate surface area is 137 Å². The van der Waals surface area contributed by atoms with Crippen LogP contribution in [0.15, 0.2) is 11.1 Å². The van der Waals surface area contributed by atoms with Crippen LogP contribution in [0.4, 0.5) is 5.95 Å². The number of hydrogen-bond acceptors (Lipinski definition) is 7. The van der Waals surface area contributed by atoms with Crippen LogP contribution in [0.3, 0.4) is 0 Å². The summed E-state index contributed by atoms with van der Waals surface area (Å²) in [6.07, 6.45) is 6.02. The summed E-state index contributed by atoms with van der Waals surface area (Å²) in [5, 5.41) is 9.40. The summed E-state index contributed by atoms with van der Waals surface area (Å²) in [7, 11) is 0. The topological polar surface area (TPSA) is 128 Å². The van der Waals surface area contributed by atoms with Gasteiger partial charge in [0.25, 0.3) is 5.56 Å². The summed E-state index contributed by atoms with van der Waals surface area (Å²) in [5.74, 6) is -0.653. The van der Waals surface area contributed by atoms with Crippen molar-refractivity contribution in [3.05, 3.63) is 16.7 Å². The first-order valence-electron chi connectivity index (χ1n) is 8.29. The smallest absolute Gasteiger partial charge is 0.278 e.